The van der Waals surface area contributed by atoms with Crippen LogP contribution < -0.4 is 4.90 Å². The largest absolute Gasteiger partial charge is 0.325 e. The Morgan fingerprint density at radius 1 is 0.964 bits per heavy atom. The number of fused-ring (bicyclic) bond motifs is 2. The van der Waals surface area contributed by atoms with E-state index in [9.17, 15) is 4.79 Å². The van der Waals surface area contributed by atoms with Gasteiger partial charge in [-0.25, -0.2) is 4.98 Å². The summed E-state index contributed by atoms with van der Waals surface area (Å²) < 4.78 is 2.29. The van der Waals surface area contributed by atoms with Crippen LogP contribution in [0.4, 0.5) is 5.69 Å². The summed E-state index contributed by atoms with van der Waals surface area (Å²) >= 11 is 0. The summed E-state index contributed by atoms with van der Waals surface area (Å²) in [4.78, 5) is 19.9. The van der Waals surface area contributed by atoms with Crippen LogP contribution in [0.3, 0.4) is 0 Å². The molecule has 1 amide bonds. The highest BCUT2D eigenvalue weighted by Crippen LogP contribution is 2.37. The molecule has 28 heavy (non-hydrogen) atoms. The van der Waals surface area contributed by atoms with E-state index in [1.165, 1.54) is 0 Å². The molecular formula is C24H23N3O. The lowest BCUT2D eigenvalue weighted by Crippen LogP contribution is -2.24. The van der Waals surface area contributed by atoms with Gasteiger partial charge in [0.25, 0.3) is 0 Å². The topological polar surface area (TPSA) is 38.1 Å². The van der Waals surface area contributed by atoms with Gasteiger partial charge in [-0.1, -0.05) is 48.5 Å². The molecule has 0 radical (unpaired) electrons. The fraction of sp³-hybridized carbons (Fsp3) is 0.250. The smallest absolute Gasteiger partial charge is 0.227 e. The van der Waals surface area contributed by atoms with Gasteiger partial charge in [0.15, 0.2) is 0 Å². The summed E-state index contributed by atoms with van der Waals surface area (Å²) in [5.74, 6) is 1.29. The molecule has 1 saturated heterocycles. The van der Waals surface area contributed by atoms with Gasteiger partial charge in [0, 0.05) is 30.3 Å². The molecule has 0 N–H and O–H groups in total. The zero-order valence-electron chi connectivity index (χ0n) is 16.2. The summed E-state index contributed by atoms with van der Waals surface area (Å²) in [5, 5.41) is 2.28. The summed E-state index contributed by atoms with van der Waals surface area (Å²) in [6, 6.07) is 23.0. The number of imidazole rings is 1. The van der Waals surface area contributed by atoms with Crippen LogP contribution in [0.15, 0.2) is 66.7 Å². The molecule has 0 aliphatic carbocycles. The summed E-state index contributed by atoms with van der Waals surface area (Å²) in [6.07, 6.45) is 0.499. The monoisotopic (exact) mass is 369 g/mol. The molecule has 1 aromatic heterocycles. The van der Waals surface area contributed by atoms with Crippen LogP contribution in [0.25, 0.3) is 21.8 Å². The highest BCUT2D eigenvalue weighted by atomic mass is 16.2. The summed E-state index contributed by atoms with van der Waals surface area (Å²) in [7, 11) is 0. The van der Waals surface area contributed by atoms with Crippen molar-refractivity contribution in [2.75, 3.05) is 11.4 Å². The van der Waals surface area contributed by atoms with Crippen LogP contribution in [0.1, 0.15) is 38.1 Å². The standard InChI is InChI=1S/C24H23N3O/c1-16(2)27-22-12-6-5-11-20(22)25-24(27)18-14-23(28)26(15-18)21-13-7-9-17-8-3-4-10-19(17)21/h3-13,16,18H,14-15H2,1-2H3/t18-/m1/s1. The number of benzene rings is 3. The first kappa shape index (κ1) is 17.0. The number of hydrogen-bond acceptors (Lipinski definition) is 2. The van der Waals surface area contributed by atoms with Gasteiger partial charge in [-0.05, 0) is 37.4 Å². The Bertz CT molecular complexity index is 1190. The summed E-state index contributed by atoms with van der Waals surface area (Å²) in [6.45, 7) is 5.02. The first-order chi connectivity index (χ1) is 13.6. The van der Waals surface area contributed by atoms with Crippen LogP contribution in [0, 0.1) is 0 Å². The van der Waals surface area contributed by atoms with Crippen molar-refractivity contribution in [3.05, 3.63) is 72.6 Å². The van der Waals surface area contributed by atoms with Gasteiger partial charge in [0.2, 0.25) is 5.91 Å². The molecule has 4 aromatic rings. The number of carbonyl (C=O) groups excluding carboxylic acids is 1. The Balaban J connectivity index is 1.57. The Morgan fingerprint density at radius 3 is 2.57 bits per heavy atom. The molecule has 4 heteroatoms. The van der Waals surface area contributed by atoms with Crippen molar-refractivity contribution >= 4 is 33.4 Å². The van der Waals surface area contributed by atoms with Crippen molar-refractivity contribution in [1.82, 2.24) is 9.55 Å². The first-order valence-electron chi connectivity index (χ1n) is 9.88. The molecule has 1 aliphatic heterocycles. The number of anilines is 1. The third kappa shape index (κ3) is 2.60. The predicted octanol–water partition coefficient (Wildman–Crippen LogP) is 5.29. The maximum Gasteiger partial charge on any atom is 0.227 e. The van der Waals surface area contributed by atoms with Crippen LogP contribution in [0.5, 0.6) is 0 Å². The molecule has 0 saturated carbocycles. The number of hydrogen-bond donors (Lipinski definition) is 0. The van der Waals surface area contributed by atoms with Gasteiger partial charge in [0.05, 0.1) is 16.7 Å². The maximum absolute atomic E-state index is 13.0. The number of rotatable bonds is 3. The van der Waals surface area contributed by atoms with Crippen LogP contribution in [0.2, 0.25) is 0 Å². The molecule has 0 unspecified atom stereocenters. The fourth-order valence-electron chi connectivity index (χ4n) is 4.45. The van der Waals surface area contributed by atoms with Crippen LogP contribution >= 0.6 is 0 Å². The van der Waals surface area contributed by atoms with Crippen molar-refractivity contribution in [2.24, 2.45) is 0 Å². The average Bonchev–Trinajstić information content (AvgIpc) is 3.28. The van der Waals surface area contributed by atoms with Crippen molar-refractivity contribution < 1.29 is 4.79 Å². The van der Waals surface area contributed by atoms with Gasteiger partial charge in [0.1, 0.15) is 5.82 Å². The lowest BCUT2D eigenvalue weighted by Gasteiger charge is -2.20. The Kier molecular flexibility index (Phi) is 3.93. The van der Waals surface area contributed by atoms with E-state index in [1.807, 2.05) is 35.2 Å². The van der Waals surface area contributed by atoms with Crippen LogP contribution in [-0.2, 0) is 4.79 Å². The number of aromatic nitrogens is 2. The minimum atomic E-state index is 0.0984. The van der Waals surface area contributed by atoms with E-state index in [0.29, 0.717) is 19.0 Å². The molecule has 1 atom stereocenters. The predicted molar refractivity (Wildman–Crippen MR) is 114 cm³/mol. The van der Waals surface area contributed by atoms with Gasteiger partial charge < -0.3 is 9.47 Å². The molecule has 140 valence electrons. The second kappa shape index (κ2) is 6.48. The molecule has 4 nitrogen and oxygen atoms in total. The molecule has 3 aromatic carbocycles. The summed E-state index contributed by atoms with van der Waals surface area (Å²) in [5.41, 5.74) is 3.14. The van der Waals surface area contributed by atoms with E-state index in [-0.39, 0.29) is 11.8 Å². The average molecular weight is 369 g/mol. The van der Waals surface area contributed by atoms with Gasteiger partial charge in [-0.3, -0.25) is 4.79 Å². The number of carbonyl (C=O) groups is 1. The Hall–Kier alpha value is -3.14. The minimum Gasteiger partial charge on any atom is -0.325 e. The molecule has 1 aliphatic rings. The lowest BCUT2D eigenvalue weighted by molar-refractivity contribution is -0.117. The molecule has 0 spiro atoms. The third-order valence-electron chi connectivity index (χ3n) is 5.69. The van der Waals surface area contributed by atoms with E-state index in [1.54, 1.807) is 0 Å². The fourth-order valence-corrected chi connectivity index (χ4v) is 4.45. The molecule has 5 rings (SSSR count). The van der Waals surface area contributed by atoms with Crippen LogP contribution in [-0.4, -0.2) is 22.0 Å². The molecule has 0 bridgehead atoms. The zero-order valence-corrected chi connectivity index (χ0v) is 16.2. The zero-order chi connectivity index (χ0) is 19.3. The highest BCUT2D eigenvalue weighted by Gasteiger charge is 2.35. The second-order valence-electron chi connectivity index (χ2n) is 7.83. The number of nitrogens with zero attached hydrogens (tertiary/aromatic N) is 3. The Morgan fingerprint density at radius 2 is 1.71 bits per heavy atom. The van der Waals surface area contributed by atoms with E-state index < -0.39 is 0 Å². The van der Waals surface area contributed by atoms with Gasteiger partial charge >= 0.3 is 0 Å². The molecule has 1 fully saturated rings. The molecule has 2 heterocycles. The maximum atomic E-state index is 13.0. The first-order valence-corrected chi connectivity index (χ1v) is 9.88. The SMILES string of the molecule is CC(C)n1c([C@@H]2CC(=O)N(c3cccc4ccccc34)C2)nc2ccccc21. The van der Waals surface area contributed by atoms with Gasteiger partial charge in [-0.2, -0.15) is 0 Å². The minimum absolute atomic E-state index is 0.0984. The van der Waals surface area contributed by atoms with E-state index in [2.05, 4.69) is 54.8 Å². The third-order valence-corrected chi connectivity index (χ3v) is 5.69. The normalized spacial score (nSPS) is 17.3. The highest BCUT2D eigenvalue weighted by molar-refractivity contribution is 6.05. The van der Waals surface area contributed by atoms with E-state index in [0.717, 1.165) is 33.3 Å². The quantitative estimate of drug-likeness (QED) is 0.492. The Labute approximate surface area is 164 Å². The van der Waals surface area contributed by atoms with Crippen molar-refractivity contribution in [3.8, 4) is 0 Å². The lowest BCUT2D eigenvalue weighted by atomic mass is 10.1. The van der Waals surface area contributed by atoms with Crippen molar-refractivity contribution in [3.63, 3.8) is 0 Å². The van der Waals surface area contributed by atoms with E-state index in [4.69, 9.17) is 4.98 Å². The van der Waals surface area contributed by atoms with Gasteiger partial charge in [-0.15, -0.1) is 0 Å². The van der Waals surface area contributed by atoms with Crippen molar-refractivity contribution in [1.29, 1.82) is 0 Å². The number of amides is 1. The second-order valence-corrected chi connectivity index (χ2v) is 7.83. The molecular weight excluding hydrogens is 346 g/mol. The van der Waals surface area contributed by atoms with E-state index >= 15 is 0 Å². The number of para-hydroxylation sites is 2. The van der Waals surface area contributed by atoms with Crippen molar-refractivity contribution in [2.45, 2.75) is 32.2 Å².